The molecular formula is C26H24O5. The number of esters is 1. The van der Waals surface area contributed by atoms with E-state index in [-0.39, 0.29) is 23.7 Å². The molecule has 0 spiro atoms. The Kier molecular flexibility index (Phi) is 7.22. The zero-order chi connectivity index (χ0) is 22.2. The van der Waals surface area contributed by atoms with Gasteiger partial charge >= 0.3 is 5.97 Å². The number of hydrogen-bond donors (Lipinski definition) is 1. The van der Waals surface area contributed by atoms with Crippen LogP contribution in [0.4, 0.5) is 0 Å². The summed E-state index contributed by atoms with van der Waals surface area (Å²) in [7, 11) is 0. The molecule has 0 aromatic heterocycles. The maximum Gasteiger partial charge on any atom is 0.338 e. The zero-order valence-corrected chi connectivity index (χ0v) is 17.3. The molecule has 0 fully saturated rings. The van der Waals surface area contributed by atoms with Gasteiger partial charge in [-0.3, -0.25) is 4.79 Å². The van der Waals surface area contributed by atoms with Crippen molar-refractivity contribution in [2.75, 3.05) is 6.61 Å². The second-order valence-electron chi connectivity index (χ2n) is 6.95. The number of ketones is 1. The fraction of sp³-hybridized carbons (Fsp3) is 0.154. The van der Waals surface area contributed by atoms with Gasteiger partial charge in [0.2, 0.25) is 0 Å². The van der Waals surface area contributed by atoms with Gasteiger partial charge in [-0.2, -0.15) is 0 Å². The van der Waals surface area contributed by atoms with Crippen LogP contribution < -0.4 is 4.74 Å². The Morgan fingerprint density at radius 1 is 1.00 bits per heavy atom. The van der Waals surface area contributed by atoms with Crippen LogP contribution in [-0.2, 0) is 4.74 Å². The molecule has 0 radical (unpaired) electrons. The monoisotopic (exact) mass is 416 g/mol. The third-order valence-electron chi connectivity index (χ3n) is 4.80. The van der Waals surface area contributed by atoms with Gasteiger partial charge in [-0.1, -0.05) is 62.0 Å². The van der Waals surface area contributed by atoms with Gasteiger partial charge in [0.25, 0.3) is 0 Å². The van der Waals surface area contributed by atoms with E-state index in [4.69, 9.17) is 9.47 Å². The summed E-state index contributed by atoms with van der Waals surface area (Å²) in [6.07, 6.45) is 1.80. The van der Waals surface area contributed by atoms with Crippen LogP contribution in [0.25, 0.3) is 6.08 Å². The highest BCUT2D eigenvalue weighted by atomic mass is 16.6. The standard InChI is InChI=1S/C26H24O5/c1-3-18-10-12-20(13-11-18)26(29)31-21(4-2)17-30-22-14-15-23(24(27)16-22)25(28)19-8-6-5-7-9-19/h3,5-16,21,27H,1,4,17H2,2H3. The van der Waals surface area contributed by atoms with E-state index in [1.165, 1.54) is 12.1 Å². The minimum atomic E-state index is -0.459. The van der Waals surface area contributed by atoms with Crippen molar-refractivity contribution in [1.29, 1.82) is 0 Å². The zero-order valence-electron chi connectivity index (χ0n) is 17.3. The number of ether oxygens (including phenoxy) is 2. The van der Waals surface area contributed by atoms with Crippen molar-refractivity contribution < 1.29 is 24.2 Å². The molecule has 0 heterocycles. The van der Waals surface area contributed by atoms with Crippen LogP contribution in [0.3, 0.4) is 0 Å². The smallest absolute Gasteiger partial charge is 0.338 e. The number of aromatic hydroxyl groups is 1. The molecule has 0 saturated carbocycles. The fourth-order valence-corrected chi connectivity index (χ4v) is 2.94. The molecule has 1 unspecified atom stereocenters. The Labute approximate surface area is 181 Å². The van der Waals surface area contributed by atoms with Gasteiger partial charge in [0.15, 0.2) is 5.78 Å². The van der Waals surface area contributed by atoms with Crippen LogP contribution in [0.1, 0.15) is 45.2 Å². The van der Waals surface area contributed by atoms with Crippen molar-refractivity contribution in [3.63, 3.8) is 0 Å². The molecule has 0 aliphatic carbocycles. The van der Waals surface area contributed by atoms with E-state index in [2.05, 4.69) is 6.58 Å². The van der Waals surface area contributed by atoms with Gasteiger partial charge in [0, 0.05) is 11.6 Å². The third-order valence-corrected chi connectivity index (χ3v) is 4.80. The van der Waals surface area contributed by atoms with Crippen molar-refractivity contribution in [1.82, 2.24) is 0 Å². The van der Waals surface area contributed by atoms with Gasteiger partial charge in [0.1, 0.15) is 24.2 Å². The second-order valence-corrected chi connectivity index (χ2v) is 6.95. The molecular weight excluding hydrogens is 392 g/mol. The molecule has 5 heteroatoms. The lowest BCUT2D eigenvalue weighted by Crippen LogP contribution is -2.24. The Morgan fingerprint density at radius 3 is 2.32 bits per heavy atom. The Bertz CT molecular complexity index is 1050. The molecule has 0 amide bonds. The summed E-state index contributed by atoms with van der Waals surface area (Å²) in [5.41, 5.74) is 2.05. The van der Waals surface area contributed by atoms with Crippen molar-refractivity contribution in [3.8, 4) is 11.5 Å². The molecule has 158 valence electrons. The highest BCUT2D eigenvalue weighted by Gasteiger charge is 2.17. The maximum atomic E-state index is 12.5. The van der Waals surface area contributed by atoms with Crippen LogP contribution in [0, 0.1) is 0 Å². The van der Waals surface area contributed by atoms with Gasteiger partial charge in [-0.05, 0) is 36.2 Å². The first-order valence-electron chi connectivity index (χ1n) is 10.0. The van der Waals surface area contributed by atoms with E-state index in [9.17, 15) is 14.7 Å². The molecule has 1 atom stereocenters. The number of carbonyl (C=O) groups excluding carboxylic acids is 2. The Morgan fingerprint density at radius 2 is 1.71 bits per heavy atom. The van der Waals surface area contributed by atoms with Crippen LogP contribution in [0.5, 0.6) is 11.5 Å². The Hall–Kier alpha value is -3.86. The van der Waals surface area contributed by atoms with E-state index in [1.807, 2.05) is 13.0 Å². The minimum absolute atomic E-state index is 0.123. The summed E-state index contributed by atoms with van der Waals surface area (Å²) >= 11 is 0. The third kappa shape index (κ3) is 5.60. The minimum Gasteiger partial charge on any atom is -0.507 e. The first-order chi connectivity index (χ1) is 15.0. The average molecular weight is 416 g/mol. The largest absolute Gasteiger partial charge is 0.507 e. The normalized spacial score (nSPS) is 11.4. The number of rotatable bonds is 9. The average Bonchev–Trinajstić information content (AvgIpc) is 2.81. The summed E-state index contributed by atoms with van der Waals surface area (Å²) in [5.74, 6) is -0.490. The predicted octanol–water partition coefficient (Wildman–Crippen LogP) is 5.28. The Balaban J connectivity index is 1.61. The van der Waals surface area contributed by atoms with Gasteiger partial charge < -0.3 is 14.6 Å². The topological polar surface area (TPSA) is 72.8 Å². The quantitative estimate of drug-likeness (QED) is 0.379. The summed E-state index contributed by atoms with van der Waals surface area (Å²) in [6, 6.07) is 20.2. The SMILES string of the molecule is C=Cc1ccc(C(=O)OC(CC)COc2ccc(C(=O)c3ccccc3)c(O)c2)cc1. The van der Waals surface area contributed by atoms with Crippen molar-refractivity contribution in [3.05, 3.63) is 102 Å². The summed E-state index contributed by atoms with van der Waals surface area (Å²) in [4.78, 5) is 24.9. The maximum absolute atomic E-state index is 12.5. The summed E-state index contributed by atoms with van der Waals surface area (Å²) in [6.45, 7) is 5.70. The number of phenols is 1. The predicted molar refractivity (Wildman–Crippen MR) is 120 cm³/mol. The molecule has 5 nitrogen and oxygen atoms in total. The first kappa shape index (κ1) is 21.8. The van der Waals surface area contributed by atoms with E-state index in [1.54, 1.807) is 60.7 Å². The van der Waals surface area contributed by atoms with E-state index in [0.717, 1.165) is 5.56 Å². The number of hydrogen-bond acceptors (Lipinski definition) is 5. The lowest BCUT2D eigenvalue weighted by Gasteiger charge is -2.17. The lowest BCUT2D eigenvalue weighted by atomic mass is 10.0. The lowest BCUT2D eigenvalue weighted by molar-refractivity contribution is 0.0164. The number of carbonyl (C=O) groups is 2. The molecule has 3 aromatic rings. The number of phenolic OH excluding ortho intramolecular Hbond substituents is 1. The number of benzene rings is 3. The van der Waals surface area contributed by atoms with Gasteiger partial charge in [-0.25, -0.2) is 4.79 Å². The molecule has 31 heavy (non-hydrogen) atoms. The van der Waals surface area contributed by atoms with Gasteiger partial charge in [-0.15, -0.1) is 0 Å². The fourth-order valence-electron chi connectivity index (χ4n) is 2.94. The molecule has 3 aromatic carbocycles. The molecule has 3 rings (SSSR count). The van der Waals surface area contributed by atoms with E-state index >= 15 is 0 Å². The summed E-state index contributed by atoms with van der Waals surface area (Å²) < 4.78 is 11.2. The summed E-state index contributed by atoms with van der Waals surface area (Å²) in [5, 5.41) is 10.3. The van der Waals surface area contributed by atoms with Crippen LogP contribution in [0.2, 0.25) is 0 Å². The van der Waals surface area contributed by atoms with Crippen LogP contribution >= 0.6 is 0 Å². The van der Waals surface area contributed by atoms with Crippen molar-refractivity contribution >= 4 is 17.8 Å². The first-order valence-corrected chi connectivity index (χ1v) is 10.0. The second kappa shape index (κ2) is 10.3. The van der Waals surface area contributed by atoms with Crippen molar-refractivity contribution in [2.45, 2.75) is 19.4 Å². The molecule has 0 aliphatic heterocycles. The molecule has 1 N–H and O–H groups in total. The highest BCUT2D eigenvalue weighted by molar-refractivity contribution is 6.10. The molecule has 0 bridgehead atoms. The van der Waals surface area contributed by atoms with Crippen LogP contribution in [-0.4, -0.2) is 29.6 Å². The van der Waals surface area contributed by atoms with E-state index in [0.29, 0.717) is 23.3 Å². The van der Waals surface area contributed by atoms with Crippen molar-refractivity contribution in [2.24, 2.45) is 0 Å². The molecule has 0 saturated heterocycles. The van der Waals surface area contributed by atoms with Crippen LogP contribution in [0.15, 0.2) is 79.4 Å². The molecule has 0 aliphatic rings. The highest BCUT2D eigenvalue weighted by Crippen LogP contribution is 2.26. The van der Waals surface area contributed by atoms with Gasteiger partial charge in [0.05, 0.1) is 11.1 Å². The van der Waals surface area contributed by atoms with E-state index < -0.39 is 12.1 Å².